The first kappa shape index (κ1) is 23.3. The number of para-hydroxylation sites is 3. The van der Waals surface area contributed by atoms with Gasteiger partial charge in [-0.25, -0.2) is 0 Å². The monoisotopic (exact) mass is 516 g/mol. The third kappa shape index (κ3) is 3.35. The fourth-order valence-electron chi connectivity index (χ4n) is 7.18. The Balaban J connectivity index is 1.22. The Kier molecular flexibility index (Phi) is 5.09. The van der Waals surface area contributed by atoms with Crippen LogP contribution in [0.15, 0.2) is 121 Å². The molecule has 0 spiro atoms. The fourth-order valence-corrected chi connectivity index (χ4v) is 7.18. The molecule has 0 N–H and O–H groups in total. The number of aryl methyl sites for hydroxylation is 1. The van der Waals surface area contributed by atoms with Gasteiger partial charge >= 0.3 is 0 Å². The van der Waals surface area contributed by atoms with Crippen LogP contribution in [0.5, 0.6) is 0 Å². The zero-order valence-corrected chi connectivity index (χ0v) is 23.1. The third-order valence-electron chi connectivity index (χ3n) is 9.13. The average molecular weight is 517 g/mol. The largest absolute Gasteiger partial charge is 0.313 e. The Morgan fingerprint density at radius 3 is 1.90 bits per heavy atom. The Labute approximate surface area is 236 Å². The van der Waals surface area contributed by atoms with Crippen LogP contribution in [-0.4, -0.2) is 4.57 Å². The minimum atomic E-state index is -0.0462. The zero-order valence-electron chi connectivity index (χ0n) is 23.1. The van der Waals surface area contributed by atoms with E-state index in [1.165, 1.54) is 73.6 Å². The van der Waals surface area contributed by atoms with Gasteiger partial charge in [0.05, 0.1) is 16.9 Å². The van der Waals surface area contributed by atoms with E-state index in [2.05, 4.69) is 145 Å². The molecule has 194 valence electrons. The molecule has 0 radical (unpaired) electrons. The van der Waals surface area contributed by atoms with E-state index in [4.69, 9.17) is 0 Å². The summed E-state index contributed by atoms with van der Waals surface area (Å²) < 4.78 is 2.48. The molecule has 0 saturated heterocycles. The molecule has 0 amide bonds. The highest BCUT2D eigenvalue weighted by Gasteiger charge is 2.36. The zero-order chi connectivity index (χ0) is 26.8. The molecule has 0 unspecified atom stereocenters. The molecule has 6 aromatic rings. The number of hydrogen-bond donors (Lipinski definition) is 0. The molecule has 0 saturated carbocycles. The van der Waals surface area contributed by atoms with Gasteiger partial charge in [0.2, 0.25) is 0 Å². The summed E-state index contributed by atoms with van der Waals surface area (Å²) in [7, 11) is 0. The van der Waals surface area contributed by atoms with Crippen LogP contribution in [0.4, 0.5) is 17.1 Å². The van der Waals surface area contributed by atoms with Gasteiger partial charge in [-0.15, -0.1) is 0 Å². The van der Waals surface area contributed by atoms with Crippen LogP contribution in [0.25, 0.3) is 27.7 Å². The molecule has 1 aromatic heterocycles. The molecular weight excluding hydrogens is 484 g/mol. The van der Waals surface area contributed by atoms with Crippen molar-refractivity contribution >= 4 is 28.0 Å². The van der Waals surface area contributed by atoms with Crippen LogP contribution < -0.4 is 4.90 Å². The minimum Gasteiger partial charge on any atom is -0.313 e. The van der Waals surface area contributed by atoms with Crippen molar-refractivity contribution in [2.24, 2.45) is 0 Å². The lowest BCUT2D eigenvalue weighted by Gasteiger charge is -2.42. The van der Waals surface area contributed by atoms with Crippen molar-refractivity contribution < 1.29 is 0 Å². The summed E-state index contributed by atoms with van der Waals surface area (Å²) in [5.74, 6) is 0. The standard InChI is InChI=1S/C38H32N2/c1-38(2)32-14-6-8-16-36(32)40(37-17-9-7-15-33(37)38)29-22-19-26(20-23-29)27-21-24-35-31(25-27)30-13-10-18-34(30)39(35)28-11-4-3-5-12-28/h3-9,11-12,14-17,19-25H,10,13,18H2,1-2H3. The maximum absolute atomic E-state index is 2.48. The maximum atomic E-state index is 2.48. The van der Waals surface area contributed by atoms with Crippen LogP contribution >= 0.6 is 0 Å². The first-order valence-corrected chi connectivity index (χ1v) is 14.4. The van der Waals surface area contributed by atoms with E-state index in [0.29, 0.717) is 0 Å². The van der Waals surface area contributed by atoms with Gasteiger partial charge in [-0.05, 0) is 95.6 Å². The van der Waals surface area contributed by atoms with Crippen molar-refractivity contribution in [2.45, 2.75) is 38.5 Å². The number of anilines is 3. The van der Waals surface area contributed by atoms with Crippen LogP contribution in [0, 0.1) is 0 Å². The predicted octanol–water partition coefficient (Wildman–Crippen LogP) is 9.90. The van der Waals surface area contributed by atoms with Crippen molar-refractivity contribution in [3.63, 3.8) is 0 Å². The second-order valence-corrected chi connectivity index (χ2v) is 11.7. The number of rotatable bonds is 3. The number of nitrogens with zero attached hydrogens (tertiary/aromatic N) is 2. The first-order valence-electron chi connectivity index (χ1n) is 14.4. The molecule has 8 rings (SSSR count). The van der Waals surface area contributed by atoms with Gasteiger partial charge in [0, 0.05) is 27.9 Å². The second kappa shape index (κ2) is 8.72. The average Bonchev–Trinajstić information content (AvgIpc) is 3.59. The molecular formula is C38H32N2. The van der Waals surface area contributed by atoms with Crippen molar-refractivity contribution in [3.8, 4) is 16.8 Å². The minimum absolute atomic E-state index is 0.0462. The summed E-state index contributed by atoms with van der Waals surface area (Å²) in [6.45, 7) is 4.67. The Morgan fingerprint density at radius 1 is 0.575 bits per heavy atom. The number of aromatic nitrogens is 1. The topological polar surface area (TPSA) is 8.17 Å². The molecule has 40 heavy (non-hydrogen) atoms. The van der Waals surface area contributed by atoms with Crippen molar-refractivity contribution in [1.29, 1.82) is 0 Å². The number of fused-ring (bicyclic) bond motifs is 5. The SMILES string of the molecule is CC1(C)c2ccccc2N(c2ccc(-c3ccc4c(c3)c3c(n4-c4ccccc4)CCC3)cc2)c2ccccc21. The van der Waals surface area contributed by atoms with Gasteiger partial charge in [-0.2, -0.15) is 0 Å². The molecule has 0 fully saturated rings. The lowest BCUT2D eigenvalue weighted by molar-refractivity contribution is 0.632. The fraction of sp³-hybridized carbons (Fsp3) is 0.158. The quantitative estimate of drug-likeness (QED) is 0.227. The summed E-state index contributed by atoms with van der Waals surface area (Å²) in [6.07, 6.45) is 3.55. The molecule has 0 atom stereocenters. The molecule has 2 aliphatic rings. The van der Waals surface area contributed by atoms with Crippen molar-refractivity contribution in [2.75, 3.05) is 4.90 Å². The predicted molar refractivity (Wildman–Crippen MR) is 168 cm³/mol. The second-order valence-electron chi connectivity index (χ2n) is 11.7. The van der Waals surface area contributed by atoms with Gasteiger partial charge in [0.1, 0.15) is 0 Å². The smallest absolute Gasteiger partial charge is 0.0534 e. The van der Waals surface area contributed by atoms with Crippen molar-refractivity contribution in [1.82, 2.24) is 4.57 Å². The van der Waals surface area contributed by atoms with E-state index in [9.17, 15) is 0 Å². The van der Waals surface area contributed by atoms with E-state index in [1.807, 2.05) is 0 Å². The van der Waals surface area contributed by atoms with Gasteiger partial charge in [0.15, 0.2) is 0 Å². The summed E-state index contributed by atoms with van der Waals surface area (Å²) >= 11 is 0. The molecule has 2 nitrogen and oxygen atoms in total. The van der Waals surface area contributed by atoms with Crippen LogP contribution in [0.3, 0.4) is 0 Å². The van der Waals surface area contributed by atoms with Gasteiger partial charge < -0.3 is 9.47 Å². The Morgan fingerprint density at radius 2 is 1.20 bits per heavy atom. The molecule has 1 aliphatic carbocycles. The highest BCUT2D eigenvalue weighted by atomic mass is 15.2. The Bertz CT molecular complexity index is 1840. The highest BCUT2D eigenvalue weighted by molar-refractivity contribution is 5.92. The van der Waals surface area contributed by atoms with E-state index in [0.717, 1.165) is 12.8 Å². The number of benzene rings is 5. The molecule has 2 heterocycles. The Hall–Kier alpha value is -4.56. The van der Waals surface area contributed by atoms with Gasteiger partial charge in [-0.1, -0.05) is 86.6 Å². The molecule has 5 aromatic carbocycles. The summed E-state index contributed by atoms with van der Waals surface area (Å²) in [4.78, 5) is 2.43. The summed E-state index contributed by atoms with van der Waals surface area (Å²) in [5, 5.41) is 1.40. The van der Waals surface area contributed by atoms with E-state index in [1.54, 1.807) is 0 Å². The van der Waals surface area contributed by atoms with E-state index >= 15 is 0 Å². The van der Waals surface area contributed by atoms with Crippen LogP contribution in [0.1, 0.15) is 42.7 Å². The highest BCUT2D eigenvalue weighted by Crippen LogP contribution is 2.51. The lowest BCUT2D eigenvalue weighted by Crippen LogP contribution is -2.30. The maximum Gasteiger partial charge on any atom is 0.0534 e. The van der Waals surface area contributed by atoms with E-state index < -0.39 is 0 Å². The van der Waals surface area contributed by atoms with Crippen molar-refractivity contribution in [3.05, 3.63) is 144 Å². The molecule has 0 bridgehead atoms. The van der Waals surface area contributed by atoms with Gasteiger partial charge in [0.25, 0.3) is 0 Å². The summed E-state index contributed by atoms with van der Waals surface area (Å²) in [6, 6.07) is 44.7. The molecule has 1 aliphatic heterocycles. The third-order valence-corrected chi connectivity index (χ3v) is 9.13. The number of hydrogen-bond acceptors (Lipinski definition) is 1. The summed E-state index contributed by atoms with van der Waals surface area (Å²) in [5.41, 5.74) is 14.5. The van der Waals surface area contributed by atoms with Crippen LogP contribution in [-0.2, 0) is 18.3 Å². The van der Waals surface area contributed by atoms with E-state index in [-0.39, 0.29) is 5.41 Å². The van der Waals surface area contributed by atoms with Crippen LogP contribution in [0.2, 0.25) is 0 Å². The normalized spacial score (nSPS) is 15.1. The van der Waals surface area contributed by atoms with Gasteiger partial charge in [-0.3, -0.25) is 0 Å². The molecule has 2 heteroatoms. The lowest BCUT2D eigenvalue weighted by atomic mass is 9.73. The first-order chi connectivity index (χ1) is 19.6.